The molecule has 2 N–H and O–H groups in total. The summed E-state index contributed by atoms with van der Waals surface area (Å²) in [4.78, 5) is 0. The second kappa shape index (κ2) is 4.61. The fourth-order valence-electron chi connectivity index (χ4n) is 1.80. The molecule has 0 radical (unpaired) electrons. The summed E-state index contributed by atoms with van der Waals surface area (Å²) in [5, 5.41) is 0. The molecule has 5 nitrogen and oxygen atoms in total. The van der Waals surface area contributed by atoms with Crippen LogP contribution in [0.25, 0.3) is 0 Å². The van der Waals surface area contributed by atoms with Crippen LogP contribution in [0.2, 0.25) is 0 Å². The Kier molecular flexibility index (Phi) is 2.79. The van der Waals surface area contributed by atoms with Crippen molar-refractivity contribution in [2.75, 3.05) is 19.6 Å². The lowest BCUT2D eigenvalue weighted by Crippen LogP contribution is -1.93. The molecule has 1 heterocycles. The van der Waals surface area contributed by atoms with Crippen molar-refractivity contribution in [3.05, 3.63) is 36.4 Å². The van der Waals surface area contributed by atoms with E-state index in [4.69, 9.17) is 24.7 Å². The van der Waals surface area contributed by atoms with Gasteiger partial charge in [0.2, 0.25) is 6.79 Å². The number of benzene rings is 2. The minimum Gasteiger partial charge on any atom is -0.497 e. The fourth-order valence-corrected chi connectivity index (χ4v) is 1.80. The van der Waals surface area contributed by atoms with Crippen molar-refractivity contribution in [1.29, 1.82) is 0 Å². The molecular weight excluding hydrogens is 246 g/mol. The van der Waals surface area contributed by atoms with Crippen LogP contribution in [0.3, 0.4) is 0 Å². The molecule has 19 heavy (non-hydrogen) atoms. The topological polar surface area (TPSA) is 62.9 Å². The first-order valence-corrected chi connectivity index (χ1v) is 5.77. The van der Waals surface area contributed by atoms with Gasteiger partial charge in [-0.2, -0.15) is 0 Å². The van der Waals surface area contributed by atoms with Crippen LogP contribution in [0.1, 0.15) is 0 Å². The number of hydrogen-bond donors (Lipinski definition) is 1. The second-order valence-electron chi connectivity index (χ2n) is 4.02. The summed E-state index contributed by atoms with van der Waals surface area (Å²) < 4.78 is 21.4. The number of anilines is 1. The number of ether oxygens (including phenoxy) is 4. The van der Waals surface area contributed by atoms with Gasteiger partial charge in [-0.1, -0.05) is 0 Å². The highest BCUT2D eigenvalue weighted by Gasteiger charge is 2.14. The molecule has 2 aromatic rings. The molecule has 1 aliphatic heterocycles. The Morgan fingerprint density at radius 3 is 2.63 bits per heavy atom. The number of nitrogens with two attached hydrogens (primary N) is 1. The van der Waals surface area contributed by atoms with Crippen LogP contribution in [-0.4, -0.2) is 13.9 Å². The molecule has 3 rings (SSSR count). The maximum absolute atomic E-state index is 5.87. The highest BCUT2D eigenvalue weighted by Crippen LogP contribution is 2.38. The molecule has 0 saturated carbocycles. The molecule has 98 valence electrons. The standard InChI is InChI=1S/C14H13NO4/c1-16-9-2-4-11(15)13(6-9)19-10-3-5-12-14(7-10)18-8-17-12/h2-7H,8,15H2,1H3. The maximum atomic E-state index is 5.87. The predicted molar refractivity (Wildman–Crippen MR) is 70.0 cm³/mol. The van der Waals surface area contributed by atoms with E-state index in [0.717, 1.165) is 0 Å². The summed E-state index contributed by atoms with van der Waals surface area (Å²) in [5.74, 6) is 3.23. The molecular formula is C14H13NO4. The van der Waals surface area contributed by atoms with Gasteiger partial charge in [0.15, 0.2) is 17.2 Å². The van der Waals surface area contributed by atoms with Crippen molar-refractivity contribution in [2.24, 2.45) is 0 Å². The lowest BCUT2D eigenvalue weighted by atomic mass is 10.2. The van der Waals surface area contributed by atoms with Crippen molar-refractivity contribution in [2.45, 2.75) is 0 Å². The minimum absolute atomic E-state index is 0.236. The van der Waals surface area contributed by atoms with Crippen LogP contribution in [-0.2, 0) is 0 Å². The molecule has 5 heteroatoms. The number of methoxy groups -OCH3 is 1. The van der Waals surface area contributed by atoms with Crippen molar-refractivity contribution in [3.63, 3.8) is 0 Å². The summed E-state index contributed by atoms with van der Waals surface area (Å²) >= 11 is 0. The third kappa shape index (κ3) is 2.22. The monoisotopic (exact) mass is 259 g/mol. The summed E-state index contributed by atoms with van der Waals surface area (Å²) in [7, 11) is 1.59. The third-order valence-electron chi connectivity index (χ3n) is 2.79. The first-order chi connectivity index (χ1) is 9.26. The molecule has 0 amide bonds. The van der Waals surface area contributed by atoms with E-state index >= 15 is 0 Å². The van der Waals surface area contributed by atoms with Gasteiger partial charge in [0.1, 0.15) is 11.5 Å². The highest BCUT2D eigenvalue weighted by molar-refractivity contribution is 5.58. The van der Waals surface area contributed by atoms with E-state index < -0.39 is 0 Å². The fraction of sp³-hybridized carbons (Fsp3) is 0.143. The van der Waals surface area contributed by atoms with E-state index in [2.05, 4.69) is 0 Å². The number of nitrogen functional groups attached to an aromatic ring is 1. The largest absolute Gasteiger partial charge is 0.497 e. The van der Waals surface area contributed by atoms with Gasteiger partial charge in [-0.15, -0.1) is 0 Å². The van der Waals surface area contributed by atoms with E-state index in [-0.39, 0.29) is 6.79 Å². The lowest BCUT2D eigenvalue weighted by Gasteiger charge is -2.10. The van der Waals surface area contributed by atoms with Crippen molar-refractivity contribution < 1.29 is 18.9 Å². The summed E-state index contributed by atoms with van der Waals surface area (Å²) in [6.07, 6.45) is 0. The lowest BCUT2D eigenvalue weighted by molar-refractivity contribution is 0.174. The van der Waals surface area contributed by atoms with Gasteiger partial charge in [-0.3, -0.25) is 0 Å². The van der Waals surface area contributed by atoms with E-state index in [1.54, 1.807) is 43.5 Å². The predicted octanol–water partition coefficient (Wildman–Crippen LogP) is 2.80. The van der Waals surface area contributed by atoms with E-state index in [9.17, 15) is 0 Å². The third-order valence-corrected chi connectivity index (χ3v) is 2.79. The highest BCUT2D eigenvalue weighted by atomic mass is 16.7. The van der Waals surface area contributed by atoms with Crippen LogP contribution >= 0.6 is 0 Å². The van der Waals surface area contributed by atoms with Gasteiger partial charge in [0.25, 0.3) is 0 Å². The van der Waals surface area contributed by atoms with Crippen molar-refractivity contribution >= 4 is 5.69 Å². The van der Waals surface area contributed by atoms with Crippen LogP contribution in [0.5, 0.6) is 28.7 Å². The normalized spacial score (nSPS) is 12.3. The summed E-state index contributed by atoms with van der Waals surface area (Å²) in [6.45, 7) is 0.236. The molecule has 2 aromatic carbocycles. The maximum Gasteiger partial charge on any atom is 0.231 e. The molecule has 0 bridgehead atoms. The van der Waals surface area contributed by atoms with Gasteiger partial charge in [0.05, 0.1) is 12.8 Å². The van der Waals surface area contributed by atoms with Gasteiger partial charge in [-0.25, -0.2) is 0 Å². The van der Waals surface area contributed by atoms with Gasteiger partial charge in [-0.05, 0) is 24.3 Å². The van der Waals surface area contributed by atoms with E-state index in [1.165, 1.54) is 0 Å². The van der Waals surface area contributed by atoms with Gasteiger partial charge >= 0.3 is 0 Å². The molecule has 0 atom stereocenters. The molecule has 0 spiro atoms. The van der Waals surface area contributed by atoms with E-state index in [1.807, 2.05) is 0 Å². The van der Waals surface area contributed by atoms with Crippen LogP contribution in [0, 0.1) is 0 Å². The molecule has 0 fully saturated rings. The Bertz CT molecular complexity index is 612. The zero-order chi connectivity index (χ0) is 13.2. The number of hydrogen-bond acceptors (Lipinski definition) is 5. The molecule has 1 aliphatic rings. The second-order valence-corrected chi connectivity index (χ2v) is 4.02. The van der Waals surface area contributed by atoms with E-state index in [0.29, 0.717) is 34.4 Å². The average Bonchev–Trinajstić information content (AvgIpc) is 2.89. The number of fused-ring (bicyclic) bond motifs is 1. The minimum atomic E-state index is 0.236. The Morgan fingerprint density at radius 2 is 1.79 bits per heavy atom. The zero-order valence-corrected chi connectivity index (χ0v) is 10.4. The van der Waals surface area contributed by atoms with Crippen molar-refractivity contribution in [1.82, 2.24) is 0 Å². The Hall–Kier alpha value is -2.56. The van der Waals surface area contributed by atoms with Gasteiger partial charge < -0.3 is 24.7 Å². The van der Waals surface area contributed by atoms with Crippen LogP contribution < -0.4 is 24.7 Å². The summed E-state index contributed by atoms with van der Waals surface area (Å²) in [5.41, 5.74) is 6.41. The van der Waals surface area contributed by atoms with Gasteiger partial charge in [0, 0.05) is 12.1 Å². The molecule has 0 aromatic heterocycles. The van der Waals surface area contributed by atoms with Crippen molar-refractivity contribution in [3.8, 4) is 28.7 Å². The smallest absolute Gasteiger partial charge is 0.231 e. The average molecular weight is 259 g/mol. The molecule has 0 saturated heterocycles. The summed E-state index contributed by atoms with van der Waals surface area (Å²) in [6, 6.07) is 10.6. The Labute approximate surface area is 110 Å². The van der Waals surface area contributed by atoms with Crippen LogP contribution in [0.4, 0.5) is 5.69 Å². The molecule has 0 aliphatic carbocycles. The zero-order valence-electron chi connectivity index (χ0n) is 10.4. The Morgan fingerprint density at radius 1 is 1.00 bits per heavy atom. The SMILES string of the molecule is COc1ccc(N)c(Oc2ccc3c(c2)OCO3)c1. The number of rotatable bonds is 3. The quantitative estimate of drug-likeness (QED) is 0.859. The first-order valence-electron chi connectivity index (χ1n) is 5.77. The first kappa shape index (κ1) is 11.5. The van der Waals surface area contributed by atoms with Crippen LogP contribution in [0.15, 0.2) is 36.4 Å². The molecule has 0 unspecified atom stereocenters. The Balaban J connectivity index is 1.88.